The first-order valence-corrected chi connectivity index (χ1v) is 9.28. The molecular formula is C17H16ClN3O3S. The molecule has 130 valence electrons. The number of rotatable bonds is 4. The van der Waals surface area contributed by atoms with Gasteiger partial charge in [-0.05, 0) is 44.2 Å². The molecule has 0 aliphatic carbocycles. The quantitative estimate of drug-likeness (QED) is 0.696. The van der Waals surface area contributed by atoms with Gasteiger partial charge in [0.05, 0.1) is 17.7 Å². The third-order valence-electron chi connectivity index (χ3n) is 3.81. The van der Waals surface area contributed by atoms with E-state index in [2.05, 4.69) is 10.3 Å². The maximum absolute atomic E-state index is 12.9. The summed E-state index contributed by atoms with van der Waals surface area (Å²) in [4.78, 5) is 0.173. The third kappa shape index (κ3) is 3.12. The molecule has 0 spiro atoms. The molecule has 8 heteroatoms. The van der Waals surface area contributed by atoms with Crippen LogP contribution in [0.2, 0.25) is 5.02 Å². The van der Waals surface area contributed by atoms with Crippen LogP contribution in [0.3, 0.4) is 0 Å². The van der Waals surface area contributed by atoms with Gasteiger partial charge in [0.15, 0.2) is 0 Å². The van der Waals surface area contributed by atoms with Crippen molar-refractivity contribution >= 4 is 21.4 Å². The maximum Gasteiger partial charge on any atom is 0.227 e. The van der Waals surface area contributed by atoms with Gasteiger partial charge in [0.25, 0.3) is 0 Å². The molecule has 0 radical (unpaired) electrons. The van der Waals surface area contributed by atoms with E-state index in [1.165, 1.54) is 11.8 Å². The average Bonchev–Trinajstić information content (AvgIpc) is 2.97. The van der Waals surface area contributed by atoms with Crippen molar-refractivity contribution in [1.82, 2.24) is 15.0 Å². The Morgan fingerprint density at radius 1 is 1.08 bits per heavy atom. The molecular weight excluding hydrogens is 362 g/mol. The molecule has 0 N–H and O–H groups in total. The van der Waals surface area contributed by atoms with Crippen LogP contribution in [0, 0.1) is 13.8 Å². The van der Waals surface area contributed by atoms with Crippen LogP contribution in [0.15, 0.2) is 52.4 Å². The van der Waals surface area contributed by atoms with Gasteiger partial charge in [0.1, 0.15) is 11.4 Å². The molecule has 3 rings (SSSR count). The van der Waals surface area contributed by atoms with Gasteiger partial charge in [-0.25, -0.2) is 13.1 Å². The smallest absolute Gasteiger partial charge is 0.227 e. The SMILES string of the molecule is COc1ccc(Cl)cc1-n1nnc(S(=O)(=O)c2ccc(C)cc2)c1C. The summed E-state index contributed by atoms with van der Waals surface area (Å²) < 4.78 is 32.4. The lowest BCUT2D eigenvalue weighted by Gasteiger charge is -2.10. The lowest BCUT2D eigenvalue weighted by atomic mass is 10.2. The van der Waals surface area contributed by atoms with Crippen LogP contribution < -0.4 is 4.74 Å². The molecule has 0 bridgehead atoms. The first-order valence-electron chi connectivity index (χ1n) is 7.42. The molecule has 1 aromatic heterocycles. The number of hydrogen-bond acceptors (Lipinski definition) is 5. The molecule has 25 heavy (non-hydrogen) atoms. The van der Waals surface area contributed by atoms with Gasteiger partial charge in [-0.3, -0.25) is 0 Å². The molecule has 1 heterocycles. The van der Waals surface area contributed by atoms with Crippen LogP contribution in [0.4, 0.5) is 0 Å². The predicted octanol–water partition coefficient (Wildman–Crippen LogP) is 3.38. The molecule has 3 aromatic rings. The number of sulfone groups is 1. The summed E-state index contributed by atoms with van der Waals surface area (Å²) in [7, 11) is -2.25. The highest BCUT2D eigenvalue weighted by molar-refractivity contribution is 7.91. The van der Waals surface area contributed by atoms with Crippen LogP contribution >= 0.6 is 11.6 Å². The van der Waals surface area contributed by atoms with E-state index in [0.717, 1.165) is 5.56 Å². The van der Waals surface area contributed by atoms with Crippen LogP contribution in [0.5, 0.6) is 5.75 Å². The number of aromatic nitrogens is 3. The van der Waals surface area contributed by atoms with Crippen LogP contribution in [0.1, 0.15) is 11.3 Å². The molecule has 0 fully saturated rings. The van der Waals surface area contributed by atoms with Gasteiger partial charge in [-0.2, -0.15) is 0 Å². The Hall–Kier alpha value is -2.38. The minimum Gasteiger partial charge on any atom is -0.494 e. The first kappa shape index (κ1) is 17.4. The fourth-order valence-corrected chi connectivity index (χ4v) is 3.95. The molecule has 0 aliphatic heterocycles. The van der Waals surface area contributed by atoms with E-state index in [1.54, 1.807) is 49.4 Å². The van der Waals surface area contributed by atoms with Crippen molar-refractivity contribution in [2.75, 3.05) is 7.11 Å². The predicted molar refractivity (Wildman–Crippen MR) is 94.3 cm³/mol. The zero-order valence-corrected chi connectivity index (χ0v) is 15.5. The van der Waals surface area contributed by atoms with E-state index in [9.17, 15) is 8.42 Å². The van der Waals surface area contributed by atoms with Crippen LogP contribution in [0.25, 0.3) is 5.69 Å². The Bertz CT molecular complexity index is 1030. The van der Waals surface area contributed by atoms with E-state index >= 15 is 0 Å². The summed E-state index contributed by atoms with van der Waals surface area (Å²) in [5.74, 6) is 0.511. The van der Waals surface area contributed by atoms with Gasteiger partial charge in [-0.1, -0.05) is 34.5 Å². The van der Waals surface area contributed by atoms with Gasteiger partial charge < -0.3 is 4.74 Å². The molecule has 0 unspecified atom stereocenters. The zero-order valence-electron chi connectivity index (χ0n) is 13.9. The van der Waals surface area contributed by atoms with Crippen molar-refractivity contribution in [3.05, 3.63) is 58.7 Å². The van der Waals surface area contributed by atoms with Crippen molar-refractivity contribution in [2.24, 2.45) is 0 Å². The number of nitrogens with zero attached hydrogens (tertiary/aromatic N) is 3. The first-order chi connectivity index (χ1) is 11.8. The lowest BCUT2D eigenvalue weighted by Crippen LogP contribution is -2.06. The Morgan fingerprint density at radius 3 is 2.40 bits per heavy atom. The van der Waals surface area contributed by atoms with Gasteiger partial charge in [0.2, 0.25) is 14.9 Å². The van der Waals surface area contributed by atoms with E-state index in [0.29, 0.717) is 22.2 Å². The van der Waals surface area contributed by atoms with Gasteiger partial charge in [0, 0.05) is 5.02 Å². The van der Waals surface area contributed by atoms with E-state index in [4.69, 9.17) is 16.3 Å². The summed E-state index contributed by atoms with van der Waals surface area (Å²) in [6.07, 6.45) is 0. The molecule has 0 saturated carbocycles. The van der Waals surface area contributed by atoms with Crippen molar-refractivity contribution < 1.29 is 13.2 Å². The van der Waals surface area contributed by atoms with E-state index < -0.39 is 9.84 Å². The monoisotopic (exact) mass is 377 g/mol. The van der Waals surface area contributed by atoms with Crippen LogP contribution in [-0.4, -0.2) is 30.5 Å². The highest BCUT2D eigenvalue weighted by Gasteiger charge is 2.26. The second kappa shape index (κ2) is 6.50. The number of benzene rings is 2. The summed E-state index contributed by atoms with van der Waals surface area (Å²) in [6, 6.07) is 11.6. The normalized spacial score (nSPS) is 11.5. The number of hydrogen-bond donors (Lipinski definition) is 0. The van der Waals surface area contributed by atoms with Crippen molar-refractivity contribution in [3.63, 3.8) is 0 Å². The largest absolute Gasteiger partial charge is 0.494 e. The summed E-state index contributed by atoms with van der Waals surface area (Å²) in [5, 5.41) is 8.27. The highest BCUT2D eigenvalue weighted by atomic mass is 35.5. The minimum absolute atomic E-state index is 0.0987. The van der Waals surface area contributed by atoms with Gasteiger partial charge in [-0.15, -0.1) is 5.10 Å². The number of halogens is 1. The lowest BCUT2D eigenvalue weighted by molar-refractivity contribution is 0.411. The Balaban J connectivity index is 2.14. The molecule has 0 atom stereocenters. The zero-order chi connectivity index (χ0) is 18.2. The third-order valence-corrected chi connectivity index (χ3v) is 5.82. The minimum atomic E-state index is -3.77. The van der Waals surface area contributed by atoms with Crippen LogP contribution in [-0.2, 0) is 9.84 Å². The van der Waals surface area contributed by atoms with E-state index in [1.807, 2.05) is 6.92 Å². The number of aryl methyl sites for hydroxylation is 1. The van der Waals surface area contributed by atoms with Gasteiger partial charge >= 0.3 is 0 Å². The molecule has 6 nitrogen and oxygen atoms in total. The Labute approximate surface area is 150 Å². The average molecular weight is 378 g/mol. The second-order valence-corrected chi connectivity index (χ2v) is 7.83. The molecule has 0 saturated heterocycles. The standard InChI is InChI=1S/C17H16ClN3O3S/c1-11-4-7-14(8-5-11)25(22,23)17-12(2)21(20-19-17)15-10-13(18)6-9-16(15)24-3/h4-10H,1-3H3. The maximum atomic E-state index is 12.9. The molecule has 2 aromatic carbocycles. The number of methoxy groups -OCH3 is 1. The Kier molecular flexibility index (Phi) is 4.53. The second-order valence-electron chi connectivity index (χ2n) is 5.52. The molecule has 0 amide bonds. The highest BCUT2D eigenvalue weighted by Crippen LogP contribution is 2.29. The fraction of sp³-hybridized carbons (Fsp3) is 0.176. The summed E-state index contributed by atoms with van der Waals surface area (Å²) in [5.41, 5.74) is 1.87. The summed E-state index contributed by atoms with van der Waals surface area (Å²) in [6.45, 7) is 3.53. The molecule has 0 aliphatic rings. The van der Waals surface area contributed by atoms with Crippen molar-refractivity contribution in [2.45, 2.75) is 23.8 Å². The Morgan fingerprint density at radius 2 is 1.76 bits per heavy atom. The van der Waals surface area contributed by atoms with E-state index in [-0.39, 0.29) is 9.92 Å². The van der Waals surface area contributed by atoms with Crippen molar-refractivity contribution in [3.8, 4) is 11.4 Å². The number of ether oxygens (including phenoxy) is 1. The topological polar surface area (TPSA) is 74.1 Å². The fourth-order valence-electron chi connectivity index (χ4n) is 2.45. The van der Waals surface area contributed by atoms with Crippen molar-refractivity contribution in [1.29, 1.82) is 0 Å². The summed E-state index contributed by atoms with van der Waals surface area (Å²) >= 11 is 6.05.